The lowest BCUT2D eigenvalue weighted by Gasteiger charge is -2.16. The molecule has 0 aromatic heterocycles. The van der Waals surface area contributed by atoms with E-state index in [0.717, 1.165) is 10.0 Å². The standard InChI is InChI=1S/C10H13BrClNO/c1-2-14-10(6-13)8-5-7(12)3-4-9(8)11/h3-5,10H,2,6,13H2,1H3. The van der Waals surface area contributed by atoms with Gasteiger partial charge in [0.15, 0.2) is 0 Å². The largest absolute Gasteiger partial charge is 0.372 e. The molecule has 4 heteroatoms. The average molecular weight is 279 g/mol. The zero-order valence-corrected chi connectivity index (χ0v) is 10.3. The molecule has 0 aliphatic heterocycles. The summed E-state index contributed by atoms with van der Waals surface area (Å²) in [5.41, 5.74) is 6.62. The van der Waals surface area contributed by atoms with Crippen molar-refractivity contribution < 1.29 is 4.74 Å². The van der Waals surface area contributed by atoms with E-state index in [1.165, 1.54) is 0 Å². The fraction of sp³-hybridized carbons (Fsp3) is 0.400. The molecule has 0 heterocycles. The van der Waals surface area contributed by atoms with Crippen LogP contribution in [0.4, 0.5) is 0 Å². The zero-order chi connectivity index (χ0) is 10.6. The summed E-state index contributed by atoms with van der Waals surface area (Å²) in [5, 5.41) is 0.696. The lowest BCUT2D eigenvalue weighted by molar-refractivity contribution is 0.0684. The molecule has 0 fully saturated rings. The third kappa shape index (κ3) is 2.95. The predicted octanol–water partition coefficient (Wildman–Crippen LogP) is 3.14. The quantitative estimate of drug-likeness (QED) is 0.918. The van der Waals surface area contributed by atoms with E-state index in [4.69, 9.17) is 22.1 Å². The Morgan fingerprint density at radius 1 is 1.57 bits per heavy atom. The first-order valence-electron chi connectivity index (χ1n) is 4.45. The van der Waals surface area contributed by atoms with Gasteiger partial charge in [-0.2, -0.15) is 0 Å². The molecule has 1 rings (SSSR count). The Hall–Kier alpha value is -0.0900. The molecule has 0 aliphatic carbocycles. The number of ether oxygens (including phenoxy) is 1. The van der Waals surface area contributed by atoms with Crippen LogP contribution in [0.15, 0.2) is 22.7 Å². The smallest absolute Gasteiger partial charge is 0.0958 e. The van der Waals surface area contributed by atoms with E-state index >= 15 is 0 Å². The summed E-state index contributed by atoms with van der Waals surface area (Å²) in [6.07, 6.45) is -0.0897. The highest BCUT2D eigenvalue weighted by molar-refractivity contribution is 9.10. The summed E-state index contributed by atoms with van der Waals surface area (Å²) in [6.45, 7) is 3.04. The first-order chi connectivity index (χ1) is 6.69. The van der Waals surface area contributed by atoms with Gasteiger partial charge >= 0.3 is 0 Å². The molecule has 2 N–H and O–H groups in total. The highest BCUT2D eigenvalue weighted by Crippen LogP contribution is 2.28. The molecule has 14 heavy (non-hydrogen) atoms. The van der Waals surface area contributed by atoms with Crippen LogP contribution >= 0.6 is 27.5 Å². The Labute approximate surface area is 97.5 Å². The minimum atomic E-state index is -0.0897. The van der Waals surface area contributed by atoms with Crippen molar-refractivity contribution in [3.63, 3.8) is 0 Å². The van der Waals surface area contributed by atoms with E-state index in [1.54, 1.807) is 0 Å². The molecule has 1 unspecified atom stereocenters. The molecular formula is C10H13BrClNO. The van der Waals surface area contributed by atoms with Gasteiger partial charge in [-0.15, -0.1) is 0 Å². The molecule has 1 aromatic carbocycles. The maximum atomic E-state index is 5.90. The van der Waals surface area contributed by atoms with Crippen LogP contribution in [0.5, 0.6) is 0 Å². The number of hydrogen-bond acceptors (Lipinski definition) is 2. The van der Waals surface area contributed by atoms with Crippen LogP contribution in [-0.4, -0.2) is 13.2 Å². The summed E-state index contributed by atoms with van der Waals surface area (Å²) in [4.78, 5) is 0. The maximum Gasteiger partial charge on any atom is 0.0958 e. The molecule has 78 valence electrons. The fourth-order valence-corrected chi connectivity index (χ4v) is 1.93. The van der Waals surface area contributed by atoms with Crippen molar-refractivity contribution in [2.45, 2.75) is 13.0 Å². The number of nitrogens with two attached hydrogens (primary N) is 1. The van der Waals surface area contributed by atoms with Crippen molar-refractivity contribution >= 4 is 27.5 Å². The molecule has 1 aromatic rings. The van der Waals surface area contributed by atoms with Gasteiger partial charge in [-0.25, -0.2) is 0 Å². The molecule has 0 amide bonds. The van der Waals surface area contributed by atoms with Crippen LogP contribution in [0.25, 0.3) is 0 Å². The van der Waals surface area contributed by atoms with Crippen LogP contribution in [0.3, 0.4) is 0 Å². The van der Waals surface area contributed by atoms with Gasteiger partial charge in [0.2, 0.25) is 0 Å². The van der Waals surface area contributed by atoms with Crippen molar-refractivity contribution in [3.8, 4) is 0 Å². The Morgan fingerprint density at radius 2 is 2.29 bits per heavy atom. The number of benzene rings is 1. The SMILES string of the molecule is CCOC(CN)c1cc(Cl)ccc1Br. The Morgan fingerprint density at radius 3 is 2.86 bits per heavy atom. The summed E-state index contributed by atoms with van der Waals surface area (Å²) >= 11 is 9.35. The predicted molar refractivity (Wildman–Crippen MR) is 62.6 cm³/mol. The van der Waals surface area contributed by atoms with Crippen LogP contribution in [-0.2, 0) is 4.74 Å². The summed E-state index contributed by atoms with van der Waals surface area (Å²) in [5.74, 6) is 0. The Kier molecular flexibility index (Phi) is 4.89. The third-order valence-corrected chi connectivity index (χ3v) is 2.84. The van der Waals surface area contributed by atoms with Gasteiger partial charge in [0.05, 0.1) is 6.10 Å². The van der Waals surface area contributed by atoms with E-state index in [9.17, 15) is 0 Å². The van der Waals surface area contributed by atoms with Gasteiger partial charge in [0, 0.05) is 22.6 Å². The minimum Gasteiger partial charge on any atom is -0.372 e. The van der Waals surface area contributed by atoms with Crippen LogP contribution in [0.2, 0.25) is 5.02 Å². The first kappa shape index (κ1) is 12.0. The second kappa shape index (κ2) is 5.71. The molecule has 0 radical (unpaired) electrons. The Bertz CT molecular complexity index is 306. The number of hydrogen-bond donors (Lipinski definition) is 1. The van der Waals surface area contributed by atoms with Crippen molar-refractivity contribution in [2.24, 2.45) is 5.73 Å². The van der Waals surface area contributed by atoms with Crippen LogP contribution in [0, 0.1) is 0 Å². The third-order valence-electron chi connectivity index (χ3n) is 1.89. The molecule has 0 saturated carbocycles. The molecular weight excluding hydrogens is 265 g/mol. The highest BCUT2D eigenvalue weighted by atomic mass is 79.9. The van der Waals surface area contributed by atoms with E-state index in [1.807, 2.05) is 25.1 Å². The normalized spacial score (nSPS) is 12.9. The maximum absolute atomic E-state index is 5.90. The van der Waals surface area contributed by atoms with Gasteiger partial charge in [-0.3, -0.25) is 0 Å². The van der Waals surface area contributed by atoms with Crippen LogP contribution in [0.1, 0.15) is 18.6 Å². The molecule has 0 spiro atoms. The average Bonchev–Trinajstić information content (AvgIpc) is 2.18. The van der Waals surface area contributed by atoms with Gasteiger partial charge < -0.3 is 10.5 Å². The molecule has 0 bridgehead atoms. The first-order valence-corrected chi connectivity index (χ1v) is 5.62. The van der Waals surface area contributed by atoms with E-state index in [2.05, 4.69) is 15.9 Å². The zero-order valence-electron chi connectivity index (χ0n) is 7.97. The monoisotopic (exact) mass is 277 g/mol. The van der Waals surface area contributed by atoms with Gasteiger partial charge in [-0.05, 0) is 30.7 Å². The van der Waals surface area contributed by atoms with Crippen molar-refractivity contribution in [3.05, 3.63) is 33.3 Å². The molecule has 0 aliphatic rings. The second-order valence-electron chi connectivity index (χ2n) is 2.85. The van der Waals surface area contributed by atoms with Crippen molar-refractivity contribution in [1.82, 2.24) is 0 Å². The summed E-state index contributed by atoms with van der Waals surface area (Å²) < 4.78 is 6.48. The molecule has 2 nitrogen and oxygen atoms in total. The van der Waals surface area contributed by atoms with E-state index in [-0.39, 0.29) is 6.10 Å². The molecule has 0 saturated heterocycles. The number of rotatable bonds is 4. The molecule has 1 atom stereocenters. The lowest BCUT2D eigenvalue weighted by atomic mass is 10.1. The second-order valence-corrected chi connectivity index (χ2v) is 4.14. The summed E-state index contributed by atoms with van der Waals surface area (Å²) in [7, 11) is 0. The minimum absolute atomic E-state index is 0.0897. The van der Waals surface area contributed by atoms with E-state index < -0.39 is 0 Å². The Balaban J connectivity index is 2.96. The lowest BCUT2D eigenvalue weighted by Crippen LogP contribution is -2.16. The van der Waals surface area contributed by atoms with Crippen molar-refractivity contribution in [2.75, 3.05) is 13.2 Å². The van der Waals surface area contributed by atoms with E-state index in [0.29, 0.717) is 18.2 Å². The topological polar surface area (TPSA) is 35.2 Å². The van der Waals surface area contributed by atoms with Gasteiger partial charge in [0.1, 0.15) is 0 Å². The van der Waals surface area contributed by atoms with Crippen LogP contribution < -0.4 is 5.73 Å². The fourth-order valence-electron chi connectivity index (χ4n) is 1.25. The summed E-state index contributed by atoms with van der Waals surface area (Å²) in [6, 6.07) is 5.60. The van der Waals surface area contributed by atoms with Gasteiger partial charge in [0.25, 0.3) is 0 Å². The number of halogens is 2. The highest BCUT2D eigenvalue weighted by Gasteiger charge is 2.13. The van der Waals surface area contributed by atoms with Crippen molar-refractivity contribution in [1.29, 1.82) is 0 Å². The van der Waals surface area contributed by atoms with Gasteiger partial charge in [-0.1, -0.05) is 27.5 Å².